The van der Waals surface area contributed by atoms with Gasteiger partial charge in [-0.2, -0.15) is 0 Å². The summed E-state index contributed by atoms with van der Waals surface area (Å²) in [5.41, 5.74) is 3.02. The van der Waals surface area contributed by atoms with Crippen LogP contribution in [-0.2, 0) is 20.9 Å². The van der Waals surface area contributed by atoms with Gasteiger partial charge in [-0.1, -0.05) is 44.2 Å². The summed E-state index contributed by atoms with van der Waals surface area (Å²) >= 11 is 0. The third kappa shape index (κ3) is 5.72. The number of ether oxygens (including phenoxy) is 1. The minimum Gasteiger partial charge on any atom is -0.449 e. The van der Waals surface area contributed by atoms with Gasteiger partial charge in [0.1, 0.15) is 0 Å². The lowest BCUT2D eigenvalue weighted by Gasteiger charge is -2.18. The molecule has 2 aromatic rings. The van der Waals surface area contributed by atoms with E-state index in [1.54, 1.807) is 30.0 Å². The van der Waals surface area contributed by atoms with Gasteiger partial charge in [-0.15, -0.1) is 0 Å². The lowest BCUT2D eigenvalue weighted by atomic mass is 9.97. The molecule has 3 rings (SSSR count). The van der Waals surface area contributed by atoms with Crippen LogP contribution in [0.3, 0.4) is 0 Å². The van der Waals surface area contributed by atoms with E-state index in [1.165, 1.54) is 0 Å². The quantitative estimate of drug-likeness (QED) is 0.635. The fourth-order valence-electron chi connectivity index (χ4n) is 3.67. The predicted octanol–water partition coefficient (Wildman–Crippen LogP) is 4.51. The van der Waals surface area contributed by atoms with Gasteiger partial charge in [0.2, 0.25) is 5.91 Å². The number of anilines is 1. The lowest BCUT2D eigenvalue weighted by molar-refractivity contribution is -0.128. The average Bonchev–Trinajstić information content (AvgIpc) is 3.17. The summed E-state index contributed by atoms with van der Waals surface area (Å²) in [6.07, 6.45) is 1.46. The van der Waals surface area contributed by atoms with Gasteiger partial charge >= 0.3 is 5.97 Å². The van der Waals surface area contributed by atoms with E-state index < -0.39 is 12.1 Å². The Morgan fingerprint density at radius 1 is 1.13 bits per heavy atom. The zero-order valence-electron chi connectivity index (χ0n) is 18.4. The maximum absolute atomic E-state index is 12.6. The van der Waals surface area contributed by atoms with Crippen LogP contribution in [0.5, 0.6) is 0 Å². The highest BCUT2D eigenvalue weighted by Gasteiger charge is 2.22. The first-order valence-electron chi connectivity index (χ1n) is 10.9. The van der Waals surface area contributed by atoms with Crippen molar-refractivity contribution in [2.24, 2.45) is 0 Å². The largest absolute Gasteiger partial charge is 0.449 e. The number of carbonyl (C=O) groups excluding carboxylic acids is 3. The molecule has 1 N–H and O–H groups in total. The molecule has 0 radical (unpaired) electrons. The molecular weight excluding hydrogens is 392 g/mol. The Balaban J connectivity index is 1.62. The number of nitrogens with zero attached hydrogens (tertiary/aromatic N) is 1. The minimum absolute atomic E-state index is 0.135. The molecule has 1 aliphatic heterocycles. The van der Waals surface area contributed by atoms with E-state index in [-0.39, 0.29) is 11.8 Å². The molecule has 0 aliphatic carbocycles. The molecule has 1 saturated heterocycles. The standard InChI is InChI=1S/C25H30N2O4/c1-4-17(2)21-11-5-6-12-22(21)26-24(29)18(3)31-25(30)20-10-7-9-19(15-20)16-27-14-8-13-23(27)28/h5-7,9-12,15,17-18H,4,8,13-14,16H2,1-3H3,(H,26,29). The Morgan fingerprint density at radius 3 is 2.61 bits per heavy atom. The first-order chi connectivity index (χ1) is 14.9. The predicted molar refractivity (Wildman–Crippen MR) is 120 cm³/mol. The van der Waals surface area contributed by atoms with Crippen LogP contribution in [0.25, 0.3) is 0 Å². The van der Waals surface area contributed by atoms with E-state index in [4.69, 9.17) is 4.74 Å². The third-order valence-electron chi connectivity index (χ3n) is 5.72. The first kappa shape index (κ1) is 22.5. The maximum atomic E-state index is 12.6. The molecule has 164 valence electrons. The van der Waals surface area contributed by atoms with Crippen molar-refractivity contribution >= 4 is 23.5 Å². The summed E-state index contributed by atoms with van der Waals surface area (Å²) in [7, 11) is 0. The Labute approximate surface area is 183 Å². The molecule has 0 saturated carbocycles. The summed E-state index contributed by atoms with van der Waals surface area (Å²) in [5, 5.41) is 2.89. The molecule has 0 aromatic heterocycles. The van der Waals surface area contributed by atoms with Crippen molar-refractivity contribution in [2.45, 2.75) is 58.6 Å². The van der Waals surface area contributed by atoms with E-state index in [0.717, 1.165) is 36.2 Å². The smallest absolute Gasteiger partial charge is 0.338 e. The summed E-state index contributed by atoms with van der Waals surface area (Å²) in [6, 6.07) is 14.7. The number of nitrogens with one attached hydrogen (secondary N) is 1. The normalized spacial score (nSPS) is 15.5. The van der Waals surface area contributed by atoms with Crippen LogP contribution in [0.15, 0.2) is 48.5 Å². The molecule has 0 bridgehead atoms. The average molecular weight is 423 g/mol. The van der Waals surface area contributed by atoms with Crippen molar-refractivity contribution < 1.29 is 19.1 Å². The summed E-state index contributed by atoms with van der Waals surface area (Å²) < 4.78 is 5.41. The zero-order valence-corrected chi connectivity index (χ0v) is 18.4. The van der Waals surface area contributed by atoms with Crippen LogP contribution >= 0.6 is 0 Å². The summed E-state index contributed by atoms with van der Waals surface area (Å²) in [4.78, 5) is 38.9. The molecular formula is C25H30N2O4. The molecule has 2 amide bonds. The first-order valence-corrected chi connectivity index (χ1v) is 10.9. The van der Waals surface area contributed by atoms with Gasteiger partial charge in [0.05, 0.1) is 5.56 Å². The van der Waals surface area contributed by atoms with Gasteiger partial charge in [-0.3, -0.25) is 9.59 Å². The molecule has 2 aromatic carbocycles. The van der Waals surface area contributed by atoms with Crippen molar-refractivity contribution in [1.29, 1.82) is 0 Å². The minimum atomic E-state index is -0.943. The van der Waals surface area contributed by atoms with E-state index in [1.807, 2.05) is 30.3 Å². The maximum Gasteiger partial charge on any atom is 0.338 e. The highest BCUT2D eigenvalue weighted by atomic mass is 16.5. The number of para-hydroxylation sites is 1. The van der Waals surface area contributed by atoms with Crippen LogP contribution < -0.4 is 5.32 Å². The van der Waals surface area contributed by atoms with E-state index in [0.29, 0.717) is 24.4 Å². The van der Waals surface area contributed by atoms with Gasteiger partial charge in [-0.25, -0.2) is 4.79 Å². The van der Waals surface area contributed by atoms with E-state index >= 15 is 0 Å². The van der Waals surface area contributed by atoms with Crippen LogP contribution in [0.4, 0.5) is 5.69 Å². The van der Waals surface area contributed by atoms with Crippen LogP contribution in [0.1, 0.15) is 67.4 Å². The van der Waals surface area contributed by atoms with Crippen LogP contribution in [0.2, 0.25) is 0 Å². The molecule has 6 nitrogen and oxygen atoms in total. The second-order valence-corrected chi connectivity index (χ2v) is 8.05. The fraction of sp³-hybridized carbons (Fsp3) is 0.400. The fourth-order valence-corrected chi connectivity index (χ4v) is 3.67. The van der Waals surface area contributed by atoms with Gasteiger partial charge in [0.25, 0.3) is 5.91 Å². The van der Waals surface area contributed by atoms with Gasteiger partial charge in [0, 0.05) is 25.2 Å². The van der Waals surface area contributed by atoms with Crippen molar-refractivity contribution in [2.75, 3.05) is 11.9 Å². The molecule has 6 heteroatoms. The monoisotopic (exact) mass is 422 g/mol. The zero-order chi connectivity index (χ0) is 22.4. The molecule has 0 spiro atoms. The topological polar surface area (TPSA) is 75.7 Å². The third-order valence-corrected chi connectivity index (χ3v) is 5.72. The van der Waals surface area contributed by atoms with Crippen molar-refractivity contribution in [3.8, 4) is 0 Å². The van der Waals surface area contributed by atoms with Gasteiger partial charge < -0.3 is 15.0 Å². The second kappa shape index (κ2) is 10.2. The number of likely N-dealkylation sites (tertiary alicyclic amines) is 1. The number of amides is 2. The van der Waals surface area contributed by atoms with Crippen molar-refractivity contribution in [3.63, 3.8) is 0 Å². The van der Waals surface area contributed by atoms with Crippen molar-refractivity contribution in [3.05, 3.63) is 65.2 Å². The molecule has 1 aliphatic rings. The van der Waals surface area contributed by atoms with Crippen LogP contribution in [-0.4, -0.2) is 35.3 Å². The van der Waals surface area contributed by atoms with E-state index in [2.05, 4.69) is 19.2 Å². The number of carbonyl (C=O) groups is 3. The Kier molecular flexibility index (Phi) is 7.45. The molecule has 1 heterocycles. The van der Waals surface area contributed by atoms with E-state index in [9.17, 15) is 14.4 Å². The number of hydrogen-bond donors (Lipinski definition) is 1. The Morgan fingerprint density at radius 2 is 1.90 bits per heavy atom. The highest BCUT2D eigenvalue weighted by Crippen LogP contribution is 2.26. The molecule has 2 atom stereocenters. The van der Waals surface area contributed by atoms with Gasteiger partial charge in [-0.05, 0) is 55.0 Å². The van der Waals surface area contributed by atoms with Crippen molar-refractivity contribution in [1.82, 2.24) is 4.90 Å². The van der Waals surface area contributed by atoms with Gasteiger partial charge in [0.15, 0.2) is 6.10 Å². The summed E-state index contributed by atoms with van der Waals surface area (Å²) in [6.45, 7) is 6.98. The number of esters is 1. The number of rotatable bonds is 8. The number of hydrogen-bond acceptors (Lipinski definition) is 4. The lowest BCUT2D eigenvalue weighted by Crippen LogP contribution is -2.30. The van der Waals surface area contributed by atoms with Crippen LogP contribution in [0, 0.1) is 0 Å². The SMILES string of the molecule is CCC(C)c1ccccc1NC(=O)C(C)OC(=O)c1cccc(CN2CCCC2=O)c1. The highest BCUT2D eigenvalue weighted by molar-refractivity contribution is 5.97. The Hall–Kier alpha value is -3.15. The summed E-state index contributed by atoms with van der Waals surface area (Å²) in [5.74, 6) is -0.495. The Bertz CT molecular complexity index is 956. The molecule has 2 unspecified atom stereocenters. The second-order valence-electron chi connectivity index (χ2n) is 8.05. The number of benzene rings is 2. The molecule has 31 heavy (non-hydrogen) atoms. The molecule has 1 fully saturated rings.